The van der Waals surface area contributed by atoms with Gasteiger partial charge in [-0.2, -0.15) is 0 Å². The van der Waals surface area contributed by atoms with Crippen molar-refractivity contribution in [1.29, 1.82) is 0 Å². The van der Waals surface area contributed by atoms with Gasteiger partial charge in [-0.05, 0) is 43.9 Å². The van der Waals surface area contributed by atoms with Crippen LogP contribution in [0, 0.1) is 0 Å². The van der Waals surface area contributed by atoms with Gasteiger partial charge in [0.05, 0.1) is 0 Å². The third-order valence-electron chi connectivity index (χ3n) is 4.03. The molecule has 1 aliphatic rings. The van der Waals surface area contributed by atoms with Gasteiger partial charge in [0.25, 0.3) is 0 Å². The predicted molar refractivity (Wildman–Crippen MR) is 74.5 cm³/mol. The van der Waals surface area contributed by atoms with E-state index in [0.29, 0.717) is 23.9 Å². The Morgan fingerprint density at radius 1 is 1.39 bits per heavy atom. The van der Waals surface area contributed by atoms with Crippen LogP contribution >= 0.6 is 0 Å². The van der Waals surface area contributed by atoms with Crippen LogP contribution in [0.4, 0.5) is 0 Å². The Bertz CT molecular complexity index is 377. The molecule has 18 heavy (non-hydrogen) atoms. The number of hydrogen-bond donors (Lipinski definition) is 2. The highest BCUT2D eigenvalue weighted by Gasteiger charge is 2.28. The summed E-state index contributed by atoms with van der Waals surface area (Å²) in [5.41, 5.74) is 7.32. The number of aromatic hydroxyl groups is 1. The molecule has 1 aromatic carbocycles. The lowest BCUT2D eigenvalue weighted by Crippen LogP contribution is -2.46. The molecule has 3 heteroatoms. The first kappa shape index (κ1) is 13.4. The fourth-order valence-corrected chi connectivity index (χ4v) is 3.05. The monoisotopic (exact) mass is 248 g/mol. The van der Waals surface area contributed by atoms with Crippen LogP contribution in [0.15, 0.2) is 24.3 Å². The van der Waals surface area contributed by atoms with Gasteiger partial charge < -0.3 is 10.8 Å². The van der Waals surface area contributed by atoms with Crippen molar-refractivity contribution in [1.82, 2.24) is 4.90 Å². The van der Waals surface area contributed by atoms with Gasteiger partial charge in [-0.1, -0.05) is 19.1 Å². The standard InChI is InChI=1S/C15H24N2O/c1-3-15(12-4-6-14(18)7-5-12)17-9-8-13(16)10-11(17)2/h4-7,11,13,15,18H,3,8-10,16H2,1-2H3. The van der Waals surface area contributed by atoms with Gasteiger partial charge in [0, 0.05) is 24.7 Å². The minimum atomic E-state index is 0.335. The van der Waals surface area contributed by atoms with E-state index < -0.39 is 0 Å². The third kappa shape index (κ3) is 2.85. The smallest absolute Gasteiger partial charge is 0.115 e. The molecule has 1 aliphatic heterocycles. The molecular formula is C15H24N2O. The minimum absolute atomic E-state index is 0.335. The van der Waals surface area contributed by atoms with E-state index in [9.17, 15) is 5.11 Å². The Morgan fingerprint density at radius 3 is 2.61 bits per heavy atom. The fraction of sp³-hybridized carbons (Fsp3) is 0.600. The zero-order valence-electron chi connectivity index (χ0n) is 11.3. The quantitative estimate of drug-likeness (QED) is 0.864. The van der Waals surface area contributed by atoms with Crippen LogP contribution in [0.25, 0.3) is 0 Å². The van der Waals surface area contributed by atoms with Crippen LogP contribution in [0.1, 0.15) is 44.7 Å². The molecule has 0 spiro atoms. The topological polar surface area (TPSA) is 49.5 Å². The molecule has 3 nitrogen and oxygen atoms in total. The van der Waals surface area contributed by atoms with Gasteiger partial charge >= 0.3 is 0 Å². The van der Waals surface area contributed by atoms with Crippen LogP contribution in [0.2, 0.25) is 0 Å². The summed E-state index contributed by atoms with van der Waals surface area (Å²) < 4.78 is 0. The van der Waals surface area contributed by atoms with Crippen LogP contribution < -0.4 is 5.73 Å². The summed E-state index contributed by atoms with van der Waals surface area (Å²) in [5.74, 6) is 0.335. The summed E-state index contributed by atoms with van der Waals surface area (Å²) in [6.45, 7) is 5.56. The van der Waals surface area contributed by atoms with Gasteiger partial charge in [-0.25, -0.2) is 0 Å². The minimum Gasteiger partial charge on any atom is -0.508 e. The number of benzene rings is 1. The van der Waals surface area contributed by atoms with E-state index in [0.717, 1.165) is 25.8 Å². The van der Waals surface area contributed by atoms with E-state index in [1.54, 1.807) is 12.1 Å². The predicted octanol–water partition coefficient (Wildman–Crippen LogP) is 2.65. The van der Waals surface area contributed by atoms with Gasteiger partial charge in [-0.3, -0.25) is 4.90 Å². The maximum Gasteiger partial charge on any atom is 0.115 e. The van der Waals surface area contributed by atoms with E-state index in [4.69, 9.17) is 5.73 Å². The average Bonchev–Trinajstić information content (AvgIpc) is 2.35. The van der Waals surface area contributed by atoms with Crippen molar-refractivity contribution in [3.63, 3.8) is 0 Å². The van der Waals surface area contributed by atoms with Crippen molar-refractivity contribution in [3.05, 3.63) is 29.8 Å². The van der Waals surface area contributed by atoms with Gasteiger partial charge in [0.2, 0.25) is 0 Å². The van der Waals surface area contributed by atoms with Crippen molar-refractivity contribution < 1.29 is 5.11 Å². The summed E-state index contributed by atoms with van der Waals surface area (Å²) in [4.78, 5) is 2.55. The molecule has 0 amide bonds. The molecule has 0 bridgehead atoms. The van der Waals surface area contributed by atoms with Crippen molar-refractivity contribution in [3.8, 4) is 5.75 Å². The summed E-state index contributed by atoms with van der Waals surface area (Å²) in [6, 6.07) is 8.95. The van der Waals surface area contributed by atoms with E-state index in [1.165, 1.54) is 5.56 Å². The highest BCUT2D eigenvalue weighted by molar-refractivity contribution is 5.28. The number of nitrogens with two attached hydrogens (primary N) is 1. The van der Waals surface area contributed by atoms with Gasteiger partial charge in [-0.15, -0.1) is 0 Å². The van der Waals surface area contributed by atoms with Crippen LogP contribution in [0.5, 0.6) is 5.75 Å². The number of rotatable bonds is 3. The highest BCUT2D eigenvalue weighted by atomic mass is 16.3. The first-order chi connectivity index (χ1) is 8.61. The Balaban J connectivity index is 2.15. The number of likely N-dealkylation sites (tertiary alicyclic amines) is 1. The summed E-state index contributed by atoms with van der Waals surface area (Å²) >= 11 is 0. The van der Waals surface area contributed by atoms with E-state index in [-0.39, 0.29) is 0 Å². The fourth-order valence-electron chi connectivity index (χ4n) is 3.05. The van der Waals surface area contributed by atoms with Crippen molar-refractivity contribution in [2.24, 2.45) is 5.73 Å². The summed E-state index contributed by atoms with van der Waals surface area (Å²) in [6.07, 6.45) is 3.25. The Morgan fingerprint density at radius 2 is 2.06 bits per heavy atom. The molecule has 1 fully saturated rings. The first-order valence-electron chi connectivity index (χ1n) is 6.92. The zero-order chi connectivity index (χ0) is 13.1. The Labute approximate surface area is 110 Å². The first-order valence-corrected chi connectivity index (χ1v) is 6.92. The van der Waals surface area contributed by atoms with Crippen LogP contribution in [-0.2, 0) is 0 Å². The second kappa shape index (κ2) is 5.72. The number of phenols is 1. The molecule has 2 rings (SSSR count). The lowest BCUT2D eigenvalue weighted by Gasteiger charge is -2.41. The summed E-state index contributed by atoms with van der Waals surface area (Å²) in [5, 5.41) is 9.38. The lowest BCUT2D eigenvalue weighted by molar-refractivity contribution is 0.0928. The molecule has 1 heterocycles. The van der Waals surface area contributed by atoms with Crippen molar-refractivity contribution >= 4 is 0 Å². The zero-order valence-corrected chi connectivity index (χ0v) is 11.3. The maximum atomic E-state index is 9.38. The molecule has 1 saturated heterocycles. The number of hydrogen-bond acceptors (Lipinski definition) is 3. The normalized spacial score (nSPS) is 27.1. The van der Waals surface area contributed by atoms with Crippen molar-refractivity contribution in [2.75, 3.05) is 6.54 Å². The molecule has 0 aromatic heterocycles. The van der Waals surface area contributed by atoms with E-state index in [2.05, 4.69) is 18.7 Å². The highest BCUT2D eigenvalue weighted by Crippen LogP contribution is 2.31. The van der Waals surface area contributed by atoms with Crippen LogP contribution in [-0.4, -0.2) is 28.6 Å². The lowest BCUT2D eigenvalue weighted by atomic mass is 9.93. The molecule has 0 saturated carbocycles. The molecule has 3 unspecified atom stereocenters. The summed E-state index contributed by atoms with van der Waals surface area (Å²) in [7, 11) is 0. The molecule has 100 valence electrons. The van der Waals surface area contributed by atoms with E-state index in [1.807, 2.05) is 12.1 Å². The third-order valence-corrected chi connectivity index (χ3v) is 4.03. The molecule has 0 aliphatic carbocycles. The van der Waals surface area contributed by atoms with Gasteiger partial charge in [0.1, 0.15) is 5.75 Å². The number of phenolic OH excluding ortho intramolecular Hbond substituents is 1. The van der Waals surface area contributed by atoms with Crippen molar-refractivity contribution in [2.45, 2.75) is 51.2 Å². The number of piperidine rings is 1. The molecule has 3 atom stereocenters. The molecule has 3 N–H and O–H groups in total. The molecular weight excluding hydrogens is 224 g/mol. The molecule has 1 aromatic rings. The SMILES string of the molecule is CCC(c1ccc(O)cc1)N1CCC(N)CC1C. The maximum absolute atomic E-state index is 9.38. The second-order valence-electron chi connectivity index (χ2n) is 5.39. The van der Waals surface area contributed by atoms with E-state index >= 15 is 0 Å². The Kier molecular flexibility index (Phi) is 4.25. The average molecular weight is 248 g/mol. The van der Waals surface area contributed by atoms with Gasteiger partial charge in [0.15, 0.2) is 0 Å². The largest absolute Gasteiger partial charge is 0.508 e. The number of nitrogens with zero attached hydrogens (tertiary/aromatic N) is 1. The van der Waals surface area contributed by atoms with Crippen LogP contribution in [0.3, 0.4) is 0 Å². The molecule has 0 radical (unpaired) electrons. The Hall–Kier alpha value is -1.06. The second-order valence-corrected chi connectivity index (χ2v) is 5.39.